The van der Waals surface area contributed by atoms with Crippen LogP contribution in [0.15, 0.2) is 5.03 Å². The Kier molecular flexibility index (Phi) is 4.82. The molecule has 0 saturated heterocycles. The quantitative estimate of drug-likeness (QED) is 0.742. The Hall–Kier alpha value is -0.920. The van der Waals surface area contributed by atoms with Gasteiger partial charge in [0, 0.05) is 29.9 Å². The van der Waals surface area contributed by atoms with Gasteiger partial charge in [0.25, 0.3) is 10.0 Å². The first-order chi connectivity index (χ1) is 9.40. The van der Waals surface area contributed by atoms with E-state index in [0.29, 0.717) is 12.6 Å². The van der Waals surface area contributed by atoms with Crippen molar-refractivity contribution in [3.63, 3.8) is 0 Å². The van der Waals surface area contributed by atoms with Crippen LogP contribution in [0.5, 0.6) is 0 Å². The van der Waals surface area contributed by atoms with Crippen molar-refractivity contribution in [3.05, 3.63) is 11.3 Å². The summed E-state index contributed by atoms with van der Waals surface area (Å²) >= 11 is 0. The normalized spacial score (nSPS) is 17.2. The van der Waals surface area contributed by atoms with E-state index in [0.717, 1.165) is 36.9 Å². The fraction of sp³-hybridized carbons (Fsp3) is 0.769. The Morgan fingerprint density at radius 3 is 2.60 bits per heavy atom. The number of aryl methyl sites for hydroxylation is 1. The van der Waals surface area contributed by atoms with E-state index >= 15 is 0 Å². The fourth-order valence-electron chi connectivity index (χ4n) is 2.49. The third kappa shape index (κ3) is 3.59. The number of rotatable bonds is 6. The summed E-state index contributed by atoms with van der Waals surface area (Å²) in [6, 6.07) is 0.352. The number of nitrogens with one attached hydrogen (secondary N) is 3. The smallest absolute Gasteiger partial charge is 0.260 e. The van der Waals surface area contributed by atoms with Gasteiger partial charge in [-0.15, -0.1) is 0 Å². The maximum atomic E-state index is 12.4. The van der Waals surface area contributed by atoms with Gasteiger partial charge in [-0.25, -0.2) is 13.1 Å². The molecule has 3 N–H and O–H groups in total. The molecule has 0 aliphatic heterocycles. The second-order valence-electron chi connectivity index (χ2n) is 5.77. The molecule has 2 rings (SSSR count). The number of aromatic amines is 1. The molecule has 0 aromatic carbocycles. The van der Waals surface area contributed by atoms with Gasteiger partial charge in [-0.1, -0.05) is 26.7 Å². The largest absolute Gasteiger partial charge is 0.310 e. The average molecular weight is 300 g/mol. The van der Waals surface area contributed by atoms with Crippen molar-refractivity contribution >= 4 is 10.0 Å². The van der Waals surface area contributed by atoms with Gasteiger partial charge < -0.3 is 5.32 Å². The zero-order chi connectivity index (χ0) is 14.8. The maximum absolute atomic E-state index is 12.4. The number of H-pyrrole nitrogens is 1. The Balaban J connectivity index is 2.17. The van der Waals surface area contributed by atoms with Crippen LogP contribution in [-0.2, 0) is 16.6 Å². The van der Waals surface area contributed by atoms with Crippen molar-refractivity contribution in [2.24, 2.45) is 0 Å². The summed E-state index contributed by atoms with van der Waals surface area (Å²) in [7, 11) is -3.53. The summed E-state index contributed by atoms with van der Waals surface area (Å²) in [4.78, 5) is 0. The van der Waals surface area contributed by atoms with E-state index in [9.17, 15) is 8.42 Å². The maximum Gasteiger partial charge on any atom is 0.260 e. The molecule has 1 saturated carbocycles. The monoisotopic (exact) mass is 300 g/mol. The van der Waals surface area contributed by atoms with Gasteiger partial charge in [0.05, 0.1) is 0 Å². The van der Waals surface area contributed by atoms with Gasteiger partial charge in [-0.2, -0.15) is 5.10 Å². The van der Waals surface area contributed by atoms with Gasteiger partial charge in [0.15, 0.2) is 5.03 Å². The molecule has 0 atom stereocenters. The summed E-state index contributed by atoms with van der Waals surface area (Å²) in [5, 5.41) is 10.2. The molecule has 0 amide bonds. The van der Waals surface area contributed by atoms with Crippen LogP contribution >= 0.6 is 0 Å². The number of aromatic nitrogens is 2. The molecule has 114 valence electrons. The molecule has 0 radical (unpaired) electrons. The van der Waals surface area contributed by atoms with E-state index in [1.165, 1.54) is 0 Å². The minimum absolute atomic E-state index is 0.0583. The lowest BCUT2D eigenvalue weighted by molar-refractivity contribution is 0.542. The van der Waals surface area contributed by atoms with Crippen molar-refractivity contribution in [1.29, 1.82) is 0 Å². The van der Waals surface area contributed by atoms with E-state index in [4.69, 9.17) is 0 Å². The minimum atomic E-state index is -3.53. The SMILES string of the molecule is Cc1[nH]nc(S(=O)(=O)NC2CCCC2)c1CNC(C)C. The molecule has 1 aromatic rings. The Morgan fingerprint density at radius 1 is 1.35 bits per heavy atom. The van der Waals surface area contributed by atoms with Gasteiger partial charge in [-0.3, -0.25) is 5.10 Å². The third-order valence-electron chi connectivity index (χ3n) is 3.65. The topological polar surface area (TPSA) is 86.9 Å². The van der Waals surface area contributed by atoms with E-state index < -0.39 is 10.0 Å². The lowest BCUT2D eigenvalue weighted by atomic mass is 10.2. The van der Waals surface area contributed by atoms with Crippen LogP contribution in [-0.4, -0.2) is 30.7 Å². The Bertz CT molecular complexity index is 545. The van der Waals surface area contributed by atoms with Crippen LogP contribution in [0.4, 0.5) is 0 Å². The average Bonchev–Trinajstić information content (AvgIpc) is 2.96. The fourth-order valence-corrected chi connectivity index (χ4v) is 3.99. The van der Waals surface area contributed by atoms with Crippen molar-refractivity contribution in [1.82, 2.24) is 20.2 Å². The zero-order valence-corrected chi connectivity index (χ0v) is 13.2. The van der Waals surface area contributed by atoms with Crippen LogP contribution in [0.3, 0.4) is 0 Å². The van der Waals surface area contributed by atoms with Crippen molar-refractivity contribution in [2.45, 2.75) is 70.1 Å². The first kappa shape index (κ1) is 15.5. The summed E-state index contributed by atoms with van der Waals surface area (Å²) < 4.78 is 27.7. The highest BCUT2D eigenvalue weighted by Crippen LogP contribution is 2.22. The summed E-state index contributed by atoms with van der Waals surface area (Å²) in [5.41, 5.74) is 1.52. The van der Waals surface area contributed by atoms with E-state index in [2.05, 4.69) is 20.2 Å². The molecular weight excluding hydrogens is 276 g/mol. The molecule has 6 nitrogen and oxygen atoms in total. The molecule has 7 heteroatoms. The number of hydrogen-bond acceptors (Lipinski definition) is 4. The Labute approximate surface area is 120 Å². The molecule has 1 aromatic heterocycles. The van der Waals surface area contributed by atoms with Gasteiger partial charge in [0.1, 0.15) is 0 Å². The van der Waals surface area contributed by atoms with Crippen LogP contribution in [0.2, 0.25) is 0 Å². The minimum Gasteiger partial charge on any atom is -0.310 e. The van der Waals surface area contributed by atoms with Crippen LogP contribution in [0.25, 0.3) is 0 Å². The van der Waals surface area contributed by atoms with E-state index in [-0.39, 0.29) is 11.1 Å². The molecule has 20 heavy (non-hydrogen) atoms. The second-order valence-corrected chi connectivity index (χ2v) is 7.40. The molecular formula is C13H24N4O2S. The highest BCUT2D eigenvalue weighted by Gasteiger charge is 2.28. The number of sulfonamides is 1. The van der Waals surface area contributed by atoms with Crippen molar-refractivity contribution < 1.29 is 8.42 Å². The predicted octanol–water partition coefficient (Wildman–Crippen LogP) is 1.44. The lowest BCUT2D eigenvalue weighted by Crippen LogP contribution is -2.34. The zero-order valence-electron chi connectivity index (χ0n) is 12.4. The van der Waals surface area contributed by atoms with Crippen LogP contribution in [0, 0.1) is 6.92 Å². The van der Waals surface area contributed by atoms with Gasteiger partial charge in [-0.05, 0) is 19.8 Å². The van der Waals surface area contributed by atoms with Gasteiger partial charge in [0.2, 0.25) is 0 Å². The molecule has 1 aliphatic carbocycles. The Morgan fingerprint density at radius 2 is 2.00 bits per heavy atom. The predicted molar refractivity (Wildman–Crippen MR) is 77.9 cm³/mol. The highest BCUT2D eigenvalue weighted by molar-refractivity contribution is 7.89. The molecule has 0 bridgehead atoms. The second kappa shape index (κ2) is 6.24. The van der Waals surface area contributed by atoms with Crippen LogP contribution in [0.1, 0.15) is 50.8 Å². The van der Waals surface area contributed by atoms with Crippen molar-refractivity contribution in [3.8, 4) is 0 Å². The first-order valence-electron chi connectivity index (χ1n) is 7.19. The highest BCUT2D eigenvalue weighted by atomic mass is 32.2. The first-order valence-corrected chi connectivity index (χ1v) is 8.68. The van der Waals surface area contributed by atoms with Gasteiger partial charge >= 0.3 is 0 Å². The van der Waals surface area contributed by atoms with Crippen LogP contribution < -0.4 is 10.0 Å². The lowest BCUT2D eigenvalue weighted by Gasteiger charge is -2.13. The van der Waals surface area contributed by atoms with E-state index in [1.54, 1.807) is 0 Å². The molecule has 1 heterocycles. The number of hydrogen-bond donors (Lipinski definition) is 3. The van der Waals surface area contributed by atoms with Crippen molar-refractivity contribution in [2.75, 3.05) is 0 Å². The third-order valence-corrected chi connectivity index (χ3v) is 5.15. The summed E-state index contributed by atoms with van der Waals surface area (Å²) in [6.45, 7) is 6.40. The molecule has 1 aliphatic rings. The molecule has 1 fully saturated rings. The standard InChI is InChI=1S/C13H24N4O2S/c1-9(2)14-8-12-10(3)15-16-13(12)20(18,19)17-11-6-4-5-7-11/h9,11,14,17H,4-8H2,1-3H3,(H,15,16). The summed E-state index contributed by atoms with van der Waals surface area (Å²) in [5.74, 6) is 0. The molecule has 0 unspecified atom stereocenters. The molecule has 0 spiro atoms. The van der Waals surface area contributed by atoms with E-state index in [1.807, 2.05) is 20.8 Å². The summed E-state index contributed by atoms with van der Waals surface area (Å²) in [6.07, 6.45) is 4.02. The number of nitrogens with zero attached hydrogens (tertiary/aromatic N) is 1.